The smallest absolute Gasteiger partial charge is 0.309 e. The third-order valence-corrected chi connectivity index (χ3v) is 9.11. The largest absolute Gasteiger partial charge is 0.462 e. The molecule has 0 saturated carbocycles. The number of hydrogen-bond donors (Lipinski definition) is 0. The highest BCUT2D eigenvalue weighted by atomic mass is 16.6. The van der Waals surface area contributed by atoms with E-state index in [0.717, 1.165) is 103 Å². The maximum atomic E-state index is 12.7. The Morgan fingerprint density at radius 3 is 1.35 bits per heavy atom. The molecule has 0 amide bonds. The molecule has 0 spiro atoms. The lowest BCUT2D eigenvalue weighted by atomic mass is 10.1. The lowest BCUT2D eigenvalue weighted by Crippen LogP contribution is -2.30. The van der Waals surface area contributed by atoms with E-state index in [-0.39, 0.29) is 38.0 Å². The molecule has 0 aromatic rings. The van der Waals surface area contributed by atoms with Crippen LogP contribution < -0.4 is 0 Å². The zero-order chi connectivity index (χ0) is 41.5. The number of unbranched alkanes of at least 4 members (excludes halogenated alkanes) is 14. The average molecular weight is 791 g/mol. The predicted octanol–water partition coefficient (Wildman–Crippen LogP) is 14.6. The molecule has 57 heavy (non-hydrogen) atoms. The molecule has 0 aliphatic carbocycles. The molecule has 1 unspecified atom stereocenters. The van der Waals surface area contributed by atoms with E-state index in [1.54, 1.807) is 6.08 Å². The van der Waals surface area contributed by atoms with E-state index < -0.39 is 12.1 Å². The van der Waals surface area contributed by atoms with Gasteiger partial charge in [-0.25, -0.2) is 0 Å². The SMILES string of the molecule is CC/C=C\C/C=C\C/C=C\CCCCCCC(=O)OC(COC(=O)C/C=C\C/C=C\C/C=C\CC)COC(=O)CCCCC/C=C\C=C/CCCCCCCCC. The highest BCUT2D eigenvalue weighted by Crippen LogP contribution is 2.11. The normalized spacial score (nSPS) is 13.0. The van der Waals surface area contributed by atoms with Crippen LogP contribution in [-0.2, 0) is 28.6 Å². The number of rotatable bonds is 39. The Morgan fingerprint density at radius 2 is 0.807 bits per heavy atom. The van der Waals surface area contributed by atoms with Crippen LogP contribution in [0.1, 0.15) is 188 Å². The van der Waals surface area contributed by atoms with E-state index in [4.69, 9.17) is 14.2 Å². The van der Waals surface area contributed by atoms with Gasteiger partial charge < -0.3 is 14.2 Å². The molecule has 0 rings (SSSR count). The predicted molar refractivity (Wildman–Crippen MR) is 242 cm³/mol. The van der Waals surface area contributed by atoms with Gasteiger partial charge in [-0.05, 0) is 89.9 Å². The van der Waals surface area contributed by atoms with Crippen molar-refractivity contribution in [1.29, 1.82) is 0 Å². The van der Waals surface area contributed by atoms with Gasteiger partial charge >= 0.3 is 17.9 Å². The van der Waals surface area contributed by atoms with Gasteiger partial charge in [0.15, 0.2) is 6.10 Å². The third-order valence-electron chi connectivity index (χ3n) is 9.11. The Labute approximate surface area is 349 Å². The van der Waals surface area contributed by atoms with Crippen LogP contribution >= 0.6 is 0 Å². The molecule has 0 heterocycles. The molecule has 0 N–H and O–H groups in total. The van der Waals surface area contributed by atoms with Crippen molar-refractivity contribution in [3.05, 3.63) is 97.2 Å². The van der Waals surface area contributed by atoms with E-state index >= 15 is 0 Å². The minimum atomic E-state index is -0.834. The van der Waals surface area contributed by atoms with Gasteiger partial charge in [-0.1, -0.05) is 176 Å². The average Bonchev–Trinajstić information content (AvgIpc) is 3.21. The van der Waals surface area contributed by atoms with E-state index in [1.165, 1.54) is 44.9 Å². The molecular formula is C51H82O6. The van der Waals surface area contributed by atoms with Gasteiger partial charge in [-0.2, -0.15) is 0 Å². The fraction of sp³-hybridized carbons (Fsp3) is 0.627. The number of ether oxygens (including phenoxy) is 3. The summed E-state index contributed by atoms with van der Waals surface area (Å²) >= 11 is 0. The summed E-state index contributed by atoms with van der Waals surface area (Å²) in [5.74, 6) is -1.12. The van der Waals surface area contributed by atoms with Crippen molar-refractivity contribution in [2.24, 2.45) is 0 Å². The first kappa shape index (κ1) is 53.3. The molecule has 0 radical (unpaired) electrons. The van der Waals surface area contributed by atoms with Crippen molar-refractivity contribution in [1.82, 2.24) is 0 Å². The fourth-order valence-corrected chi connectivity index (χ4v) is 5.74. The Bertz CT molecular complexity index is 1180. The van der Waals surface area contributed by atoms with Crippen molar-refractivity contribution in [3.8, 4) is 0 Å². The summed E-state index contributed by atoms with van der Waals surface area (Å²) in [5.41, 5.74) is 0. The summed E-state index contributed by atoms with van der Waals surface area (Å²) in [6.07, 6.45) is 58.6. The van der Waals surface area contributed by atoms with Crippen LogP contribution in [0.3, 0.4) is 0 Å². The molecule has 0 aliphatic heterocycles. The monoisotopic (exact) mass is 791 g/mol. The summed E-state index contributed by atoms with van der Waals surface area (Å²) in [7, 11) is 0. The van der Waals surface area contributed by atoms with Crippen LogP contribution in [0.4, 0.5) is 0 Å². The van der Waals surface area contributed by atoms with E-state index in [1.807, 2.05) is 6.08 Å². The molecule has 322 valence electrons. The van der Waals surface area contributed by atoms with Crippen molar-refractivity contribution in [2.75, 3.05) is 13.2 Å². The van der Waals surface area contributed by atoms with Crippen molar-refractivity contribution < 1.29 is 28.6 Å². The first-order valence-electron chi connectivity index (χ1n) is 22.8. The molecule has 6 nitrogen and oxygen atoms in total. The second-order valence-electron chi connectivity index (χ2n) is 14.6. The number of allylic oxidation sites excluding steroid dienone is 15. The van der Waals surface area contributed by atoms with Gasteiger partial charge in [0.25, 0.3) is 0 Å². The lowest BCUT2D eigenvalue weighted by Gasteiger charge is -2.18. The summed E-state index contributed by atoms with van der Waals surface area (Å²) in [6, 6.07) is 0. The second-order valence-corrected chi connectivity index (χ2v) is 14.6. The number of carbonyl (C=O) groups is 3. The molecule has 6 heteroatoms. The Morgan fingerprint density at radius 1 is 0.404 bits per heavy atom. The van der Waals surface area contributed by atoms with Crippen LogP contribution in [0.2, 0.25) is 0 Å². The molecular weight excluding hydrogens is 709 g/mol. The second kappa shape index (κ2) is 45.0. The standard InChI is InChI=1S/C51H82O6/c1-4-7-10-13-16-19-21-23-25-26-28-29-32-35-38-41-44-50(53)56-47-48(46-55-49(52)43-40-37-34-31-18-15-12-9-6-3)57-51(54)45-42-39-36-33-30-27-24-22-20-17-14-11-8-5-2/h8-9,11-12,17-18,20,24-29,31,37,40,48H,4-7,10,13-16,19,21-23,30,32-36,38-39,41-47H2,1-3H3/b11-8-,12-9-,20-17-,26-25-,27-24-,29-28-,31-18-,40-37-. The summed E-state index contributed by atoms with van der Waals surface area (Å²) in [6.45, 7) is 6.23. The molecule has 0 aliphatic rings. The Kier molecular flexibility index (Phi) is 42.1. The third kappa shape index (κ3) is 43.3. The molecule has 0 saturated heterocycles. The molecule has 0 bridgehead atoms. The topological polar surface area (TPSA) is 78.9 Å². The van der Waals surface area contributed by atoms with Crippen LogP contribution in [0.15, 0.2) is 97.2 Å². The minimum Gasteiger partial charge on any atom is -0.462 e. The van der Waals surface area contributed by atoms with E-state index in [2.05, 4.69) is 106 Å². The molecule has 0 aromatic heterocycles. The van der Waals surface area contributed by atoms with Crippen LogP contribution in [0.25, 0.3) is 0 Å². The summed E-state index contributed by atoms with van der Waals surface area (Å²) in [5, 5.41) is 0. The first-order chi connectivity index (χ1) is 28.0. The van der Waals surface area contributed by atoms with Gasteiger partial charge in [-0.15, -0.1) is 0 Å². The number of esters is 3. The highest BCUT2D eigenvalue weighted by Gasteiger charge is 2.19. The van der Waals surface area contributed by atoms with Crippen molar-refractivity contribution in [2.45, 2.75) is 194 Å². The van der Waals surface area contributed by atoms with Gasteiger partial charge in [0.2, 0.25) is 0 Å². The van der Waals surface area contributed by atoms with Crippen molar-refractivity contribution in [3.63, 3.8) is 0 Å². The van der Waals surface area contributed by atoms with Crippen LogP contribution in [0.5, 0.6) is 0 Å². The first-order valence-corrected chi connectivity index (χ1v) is 22.8. The summed E-state index contributed by atoms with van der Waals surface area (Å²) in [4.78, 5) is 37.6. The minimum absolute atomic E-state index is 0.122. The maximum Gasteiger partial charge on any atom is 0.309 e. The van der Waals surface area contributed by atoms with Gasteiger partial charge in [0.1, 0.15) is 13.2 Å². The lowest BCUT2D eigenvalue weighted by molar-refractivity contribution is -0.166. The summed E-state index contributed by atoms with van der Waals surface area (Å²) < 4.78 is 16.5. The number of hydrogen-bond acceptors (Lipinski definition) is 6. The number of carbonyl (C=O) groups excluding carboxylic acids is 3. The molecule has 0 fully saturated rings. The highest BCUT2D eigenvalue weighted by molar-refractivity contribution is 5.72. The molecule has 0 aromatic carbocycles. The molecule has 1 atom stereocenters. The maximum absolute atomic E-state index is 12.7. The van der Waals surface area contributed by atoms with Crippen LogP contribution in [0, 0.1) is 0 Å². The fourth-order valence-electron chi connectivity index (χ4n) is 5.74. The van der Waals surface area contributed by atoms with Crippen LogP contribution in [-0.4, -0.2) is 37.2 Å². The van der Waals surface area contributed by atoms with Gasteiger partial charge in [0, 0.05) is 12.8 Å². The van der Waals surface area contributed by atoms with Gasteiger partial charge in [-0.3, -0.25) is 14.4 Å². The zero-order valence-electron chi connectivity index (χ0n) is 36.6. The Hall–Kier alpha value is -3.67. The quantitative estimate of drug-likeness (QED) is 0.0203. The Balaban J connectivity index is 4.51. The van der Waals surface area contributed by atoms with E-state index in [9.17, 15) is 14.4 Å². The zero-order valence-corrected chi connectivity index (χ0v) is 36.6. The van der Waals surface area contributed by atoms with Gasteiger partial charge in [0.05, 0.1) is 6.42 Å². The van der Waals surface area contributed by atoms with Crippen molar-refractivity contribution >= 4 is 17.9 Å². The van der Waals surface area contributed by atoms with E-state index in [0.29, 0.717) is 6.42 Å².